The van der Waals surface area contributed by atoms with Crippen LogP contribution in [0.2, 0.25) is 0 Å². The van der Waals surface area contributed by atoms with Gasteiger partial charge >= 0.3 is 0 Å². The Balaban J connectivity index is 1.53. The number of aromatic nitrogens is 2. The summed E-state index contributed by atoms with van der Waals surface area (Å²) in [4.78, 5) is 20.3. The van der Waals surface area contributed by atoms with E-state index in [0.29, 0.717) is 18.8 Å². The maximum Gasteiger partial charge on any atom is 0.276 e. The Bertz CT molecular complexity index is 1410. The third-order valence-corrected chi connectivity index (χ3v) is 6.66. The van der Waals surface area contributed by atoms with Crippen LogP contribution in [0.3, 0.4) is 0 Å². The van der Waals surface area contributed by atoms with Crippen LogP contribution in [0.25, 0.3) is 11.0 Å². The molecule has 1 amide bonds. The number of aliphatic hydroxyl groups excluding tert-OH is 1. The number of nitrogens with one attached hydrogen (secondary N) is 1. The first kappa shape index (κ1) is 24.8. The molecular weight excluding hydrogens is 480 g/mol. The van der Waals surface area contributed by atoms with Gasteiger partial charge in [0.1, 0.15) is 22.7 Å². The number of aryl methyl sites for hydroxylation is 1. The Morgan fingerprint density at radius 3 is 2.57 bits per heavy atom. The van der Waals surface area contributed by atoms with Gasteiger partial charge in [-0.2, -0.15) is 5.10 Å². The average Bonchev–Trinajstić information content (AvgIpc) is 3.43. The van der Waals surface area contributed by atoms with Crippen molar-refractivity contribution in [1.29, 1.82) is 0 Å². The zero-order valence-corrected chi connectivity index (χ0v) is 20.8. The van der Waals surface area contributed by atoms with Crippen LogP contribution >= 0.6 is 0 Å². The maximum absolute atomic E-state index is 14.4. The molecule has 1 unspecified atom stereocenters. The standard InChI is InChI=1S/C26H29F2N7O2/c1-14(2)25-31-22-20(33(25)3)9-7-18(24(22)34-12-11-15(29)13-34)30-26(37)19-8-10-21(36)35(32-19)23-16(27)5-4-6-17(23)28/h4-10,14-15,21,36H,11-13,29H2,1-3H3,(H,30,37)/t15-,21?/m1/s1. The molecule has 4 N–H and O–H groups in total. The van der Waals surface area contributed by atoms with Crippen LogP contribution in [0.5, 0.6) is 0 Å². The number of nitrogens with two attached hydrogens (primary N) is 1. The van der Waals surface area contributed by atoms with Crippen molar-refractivity contribution < 1.29 is 18.7 Å². The molecule has 9 nitrogen and oxygen atoms in total. The fourth-order valence-electron chi connectivity index (χ4n) is 4.86. The normalized spacial score (nSPS) is 19.7. The fraction of sp³-hybridized carbons (Fsp3) is 0.346. The Morgan fingerprint density at radius 1 is 1.19 bits per heavy atom. The zero-order chi connectivity index (χ0) is 26.4. The minimum Gasteiger partial charge on any atom is -0.368 e. The number of hydrogen-bond acceptors (Lipinski definition) is 7. The van der Waals surface area contributed by atoms with Crippen molar-refractivity contribution in [2.45, 2.75) is 38.5 Å². The summed E-state index contributed by atoms with van der Waals surface area (Å²) in [7, 11) is 1.96. The summed E-state index contributed by atoms with van der Waals surface area (Å²) < 4.78 is 30.8. The van der Waals surface area contributed by atoms with Crippen LogP contribution < -0.4 is 21.0 Å². The van der Waals surface area contributed by atoms with Crippen LogP contribution in [0, 0.1) is 11.6 Å². The molecule has 1 saturated heterocycles. The molecule has 0 saturated carbocycles. The third kappa shape index (κ3) is 4.44. The van der Waals surface area contributed by atoms with Gasteiger partial charge in [-0.15, -0.1) is 0 Å². The predicted octanol–water partition coefficient (Wildman–Crippen LogP) is 3.20. The molecule has 37 heavy (non-hydrogen) atoms. The van der Waals surface area contributed by atoms with Crippen molar-refractivity contribution in [1.82, 2.24) is 9.55 Å². The maximum atomic E-state index is 14.4. The molecule has 3 aromatic rings. The Labute approximate surface area is 212 Å². The van der Waals surface area contributed by atoms with E-state index in [1.807, 2.05) is 17.7 Å². The predicted molar refractivity (Wildman–Crippen MR) is 140 cm³/mol. The Hall–Kier alpha value is -3.83. The number of benzene rings is 2. The molecule has 2 aliphatic heterocycles. The molecule has 0 spiro atoms. The highest BCUT2D eigenvalue weighted by atomic mass is 19.1. The first-order chi connectivity index (χ1) is 17.7. The SMILES string of the molecule is CC(C)c1nc2c(N3CC[C@@H](N)C3)c(NC(=O)C3=NN(c4c(F)cccc4F)C(O)C=C3)ccc2n1C. The van der Waals surface area contributed by atoms with Gasteiger partial charge in [-0.05, 0) is 42.8 Å². The summed E-state index contributed by atoms with van der Waals surface area (Å²) in [6.07, 6.45) is 1.93. The lowest BCUT2D eigenvalue weighted by molar-refractivity contribution is -0.110. The van der Waals surface area contributed by atoms with E-state index in [1.165, 1.54) is 18.2 Å². The lowest BCUT2D eigenvalue weighted by atomic mass is 10.2. The minimum atomic E-state index is -1.44. The highest BCUT2D eigenvalue weighted by Gasteiger charge is 2.29. The van der Waals surface area contributed by atoms with Crippen molar-refractivity contribution in [3.63, 3.8) is 0 Å². The number of hydrogen-bond donors (Lipinski definition) is 3. The van der Waals surface area contributed by atoms with Gasteiger partial charge in [0.25, 0.3) is 5.91 Å². The van der Waals surface area contributed by atoms with Crippen LogP contribution in [0.15, 0.2) is 47.6 Å². The highest BCUT2D eigenvalue weighted by molar-refractivity contribution is 6.47. The van der Waals surface area contributed by atoms with E-state index < -0.39 is 29.5 Å². The van der Waals surface area contributed by atoms with E-state index in [9.17, 15) is 18.7 Å². The van der Waals surface area contributed by atoms with Gasteiger partial charge < -0.3 is 25.6 Å². The third-order valence-electron chi connectivity index (χ3n) is 6.66. The molecule has 0 radical (unpaired) electrons. The van der Waals surface area contributed by atoms with Gasteiger partial charge in [-0.1, -0.05) is 19.9 Å². The summed E-state index contributed by atoms with van der Waals surface area (Å²) >= 11 is 0. The van der Waals surface area contributed by atoms with Crippen molar-refractivity contribution >= 4 is 39.7 Å². The number of hydrazone groups is 1. The number of halogens is 2. The summed E-state index contributed by atoms with van der Waals surface area (Å²) in [6, 6.07) is 7.03. The first-order valence-electron chi connectivity index (χ1n) is 12.1. The molecule has 2 aromatic carbocycles. The van der Waals surface area contributed by atoms with E-state index in [1.54, 1.807) is 6.07 Å². The first-order valence-corrected chi connectivity index (χ1v) is 12.1. The van der Waals surface area contributed by atoms with Gasteiger partial charge in [0, 0.05) is 32.1 Å². The van der Waals surface area contributed by atoms with Gasteiger partial charge in [0.05, 0.1) is 16.9 Å². The second kappa shape index (κ2) is 9.56. The van der Waals surface area contributed by atoms with Crippen LogP contribution in [0.1, 0.15) is 32.0 Å². The molecule has 0 bridgehead atoms. The van der Waals surface area contributed by atoms with E-state index in [-0.39, 0.29) is 17.7 Å². The van der Waals surface area contributed by atoms with E-state index in [2.05, 4.69) is 29.2 Å². The summed E-state index contributed by atoms with van der Waals surface area (Å²) in [5, 5.41) is 18.0. The van der Waals surface area contributed by atoms with E-state index in [0.717, 1.165) is 46.1 Å². The highest BCUT2D eigenvalue weighted by Crippen LogP contribution is 2.37. The fourth-order valence-corrected chi connectivity index (χ4v) is 4.86. The largest absolute Gasteiger partial charge is 0.368 e. The number of amides is 1. The van der Waals surface area contributed by atoms with Crippen molar-refractivity contribution in [2.24, 2.45) is 17.9 Å². The van der Waals surface area contributed by atoms with Gasteiger partial charge in [0.15, 0.2) is 17.9 Å². The van der Waals surface area contributed by atoms with E-state index >= 15 is 0 Å². The smallest absolute Gasteiger partial charge is 0.276 e. The van der Waals surface area contributed by atoms with Crippen LogP contribution in [-0.4, -0.2) is 51.6 Å². The number of imidazole rings is 1. The zero-order valence-electron chi connectivity index (χ0n) is 20.8. The number of para-hydroxylation sites is 1. The number of nitrogens with zero attached hydrogens (tertiary/aromatic N) is 5. The van der Waals surface area contributed by atoms with Crippen molar-refractivity contribution in [3.8, 4) is 0 Å². The van der Waals surface area contributed by atoms with Crippen molar-refractivity contribution in [2.75, 3.05) is 28.3 Å². The van der Waals surface area contributed by atoms with Crippen LogP contribution in [0.4, 0.5) is 25.8 Å². The molecule has 0 aliphatic carbocycles. The summed E-state index contributed by atoms with van der Waals surface area (Å²) in [5.74, 6) is -1.31. The number of aliphatic hydroxyl groups is 1. The number of fused-ring (bicyclic) bond motifs is 1. The van der Waals surface area contributed by atoms with E-state index in [4.69, 9.17) is 10.7 Å². The number of anilines is 3. The molecule has 1 fully saturated rings. The lowest BCUT2D eigenvalue weighted by Gasteiger charge is -2.27. The molecule has 2 atom stereocenters. The Kier molecular flexibility index (Phi) is 6.42. The topological polar surface area (TPSA) is 112 Å². The number of carbonyl (C=O) groups excluding carboxylic acids is 1. The molecule has 3 heterocycles. The molecular formula is C26H29F2N7O2. The molecule has 1 aromatic heterocycles. The van der Waals surface area contributed by atoms with Gasteiger partial charge in [-0.25, -0.2) is 18.8 Å². The van der Waals surface area contributed by atoms with Crippen molar-refractivity contribution in [3.05, 3.63) is 59.9 Å². The second-order valence-electron chi connectivity index (χ2n) is 9.63. The number of carbonyl (C=O) groups is 1. The van der Waals surface area contributed by atoms with Gasteiger partial charge in [-0.3, -0.25) is 4.79 Å². The average molecular weight is 510 g/mol. The summed E-state index contributed by atoms with van der Waals surface area (Å²) in [6.45, 7) is 5.47. The molecule has 11 heteroatoms. The number of rotatable bonds is 5. The monoisotopic (exact) mass is 509 g/mol. The minimum absolute atomic E-state index is 0.00320. The quantitative estimate of drug-likeness (QED) is 0.487. The van der Waals surface area contributed by atoms with Crippen LogP contribution in [-0.2, 0) is 11.8 Å². The van der Waals surface area contributed by atoms with Gasteiger partial charge in [0.2, 0.25) is 0 Å². The Morgan fingerprint density at radius 2 is 1.92 bits per heavy atom. The molecule has 194 valence electrons. The summed E-state index contributed by atoms with van der Waals surface area (Å²) in [5.41, 5.74) is 8.48. The molecule has 2 aliphatic rings. The second-order valence-corrected chi connectivity index (χ2v) is 9.63. The molecule has 5 rings (SSSR count). The lowest BCUT2D eigenvalue weighted by Crippen LogP contribution is -2.37.